The Kier molecular flexibility index (Phi) is 5.91. The third-order valence-corrected chi connectivity index (χ3v) is 3.18. The smallest absolute Gasteiger partial charge is 0.320 e. The topological polar surface area (TPSA) is 81.1 Å². The van der Waals surface area contributed by atoms with E-state index < -0.39 is 11.9 Å². The van der Waals surface area contributed by atoms with E-state index in [1.807, 2.05) is 6.92 Å². The van der Waals surface area contributed by atoms with Gasteiger partial charge in [0.05, 0.1) is 12.5 Å². The molecule has 6 heteroatoms. The van der Waals surface area contributed by atoms with Crippen LogP contribution in [-0.4, -0.2) is 64.8 Å². The van der Waals surface area contributed by atoms with Gasteiger partial charge in [-0.15, -0.1) is 0 Å². The largest absolute Gasteiger partial charge is 0.481 e. The van der Waals surface area contributed by atoms with Gasteiger partial charge in [-0.1, -0.05) is 6.92 Å². The molecule has 1 atom stereocenters. The highest BCUT2D eigenvalue weighted by Crippen LogP contribution is 2.18. The maximum absolute atomic E-state index is 12.2. The number of hydrogen-bond acceptors (Lipinski definition) is 3. The summed E-state index contributed by atoms with van der Waals surface area (Å²) in [6.07, 6.45) is 2.18. The lowest BCUT2D eigenvalue weighted by Gasteiger charge is -2.35. The number of hydrogen-bond donors (Lipinski definition) is 2. The van der Waals surface area contributed by atoms with Crippen LogP contribution < -0.4 is 0 Å². The van der Waals surface area contributed by atoms with Crippen LogP contribution >= 0.6 is 0 Å². The third kappa shape index (κ3) is 3.87. The number of piperidine rings is 1. The van der Waals surface area contributed by atoms with E-state index in [0.29, 0.717) is 26.1 Å². The minimum atomic E-state index is -0.836. The molecule has 1 aliphatic heterocycles. The molecular formula is C12H22N2O4. The van der Waals surface area contributed by atoms with E-state index in [9.17, 15) is 9.59 Å². The monoisotopic (exact) mass is 258 g/mol. The lowest BCUT2D eigenvalue weighted by Crippen LogP contribution is -2.49. The average Bonchev–Trinajstić information content (AvgIpc) is 2.38. The summed E-state index contributed by atoms with van der Waals surface area (Å²) in [5.74, 6) is -1.29. The van der Waals surface area contributed by atoms with Crippen molar-refractivity contribution in [2.24, 2.45) is 5.92 Å². The lowest BCUT2D eigenvalue weighted by molar-refractivity contribution is -0.143. The predicted molar refractivity (Wildman–Crippen MR) is 66.3 cm³/mol. The zero-order valence-electron chi connectivity index (χ0n) is 10.8. The van der Waals surface area contributed by atoms with E-state index in [2.05, 4.69) is 0 Å². The molecule has 0 spiro atoms. The first kappa shape index (κ1) is 14.8. The molecule has 1 fully saturated rings. The van der Waals surface area contributed by atoms with Crippen molar-refractivity contribution in [2.45, 2.75) is 26.2 Å². The predicted octanol–water partition coefficient (Wildman–Crippen LogP) is 0.607. The molecule has 6 nitrogen and oxygen atoms in total. The highest BCUT2D eigenvalue weighted by atomic mass is 16.4. The molecule has 0 aromatic carbocycles. The number of carbonyl (C=O) groups is 2. The highest BCUT2D eigenvalue weighted by Gasteiger charge is 2.30. The van der Waals surface area contributed by atoms with Crippen molar-refractivity contribution in [3.8, 4) is 0 Å². The highest BCUT2D eigenvalue weighted by molar-refractivity contribution is 5.76. The van der Waals surface area contributed by atoms with E-state index in [-0.39, 0.29) is 19.2 Å². The van der Waals surface area contributed by atoms with Crippen molar-refractivity contribution in [3.05, 3.63) is 0 Å². The van der Waals surface area contributed by atoms with Gasteiger partial charge in [0.2, 0.25) is 0 Å². The van der Waals surface area contributed by atoms with Crippen LogP contribution in [0.3, 0.4) is 0 Å². The Morgan fingerprint density at radius 1 is 1.39 bits per heavy atom. The van der Waals surface area contributed by atoms with Crippen molar-refractivity contribution >= 4 is 12.0 Å². The Bertz CT molecular complexity index is 290. The van der Waals surface area contributed by atoms with Gasteiger partial charge in [0.15, 0.2) is 0 Å². The van der Waals surface area contributed by atoms with Gasteiger partial charge in [-0.2, -0.15) is 0 Å². The van der Waals surface area contributed by atoms with Gasteiger partial charge in [0.25, 0.3) is 0 Å². The van der Waals surface area contributed by atoms with Gasteiger partial charge >= 0.3 is 12.0 Å². The van der Waals surface area contributed by atoms with Crippen molar-refractivity contribution < 1.29 is 19.8 Å². The summed E-state index contributed by atoms with van der Waals surface area (Å²) in [4.78, 5) is 26.3. The van der Waals surface area contributed by atoms with Crippen LogP contribution in [0, 0.1) is 5.92 Å². The lowest BCUT2D eigenvalue weighted by atomic mass is 9.98. The molecule has 0 radical (unpaired) electrons. The van der Waals surface area contributed by atoms with E-state index in [1.165, 1.54) is 0 Å². The number of carboxylic acids is 1. The number of urea groups is 1. The van der Waals surface area contributed by atoms with E-state index in [0.717, 1.165) is 12.8 Å². The minimum absolute atomic E-state index is 0.0675. The number of likely N-dealkylation sites (tertiary alicyclic amines) is 1. The van der Waals surface area contributed by atoms with E-state index in [1.54, 1.807) is 9.80 Å². The van der Waals surface area contributed by atoms with Gasteiger partial charge in [-0.3, -0.25) is 4.79 Å². The van der Waals surface area contributed by atoms with E-state index in [4.69, 9.17) is 10.2 Å². The number of nitrogens with zero attached hydrogens (tertiary/aromatic N) is 2. The van der Waals surface area contributed by atoms with Gasteiger partial charge in [-0.25, -0.2) is 4.79 Å². The second kappa shape index (κ2) is 7.20. The maximum Gasteiger partial charge on any atom is 0.320 e. The second-order valence-electron chi connectivity index (χ2n) is 4.62. The van der Waals surface area contributed by atoms with Crippen molar-refractivity contribution in [2.75, 3.05) is 32.8 Å². The van der Waals surface area contributed by atoms with Gasteiger partial charge < -0.3 is 20.0 Å². The van der Waals surface area contributed by atoms with Crippen LogP contribution in [-0.2, 0) is 4.79 Å². The summed E-state index contributed by atoms with van der Waals surface area (Å²) < 4.78 is 0. The molecule has 1 rings (SSSR count). The zero-order chi connectivity index (χ0) is 13.5. The number of carboxylic acid groups (broad SMARTS) is 1. The van der Waals surface area contributed by atoms with Crippen molar-refractivity contribution in [1.29, 1.82) is 0 Å². The Morgan fingerprint density at radius 2 is 2.11 bits per heavy atom. The fraction of sp³-hybridized carbons (Fsp3) is 0.833. The molecule has 1 saturated heterocycles. The molecule has 0 aliphatic carbocycles. The van der Waals surface area contributed by atoms with Gasteiger partial charge in [-0.05, 0) is 19.3 Å². The van der Waals surface area contributed by atoms with Gasteiger partial charge in [0, 0.05) is 26.2 Å². The summed E-state index contributed by atoms with van der Waals surface area (Å²) in [7, 11) is 0. The molecule has 2 N–H and O–H groups in total. The molecule has 1 heterocycles. The number of aliphatic hydroxyl groups is 1. The molecule has 0 bridgehead atoms. The Hall–Kier alpha value is -1.30. The molecule has 1 unspecified atom stereocenters. The van der Waals surface area contributed by atoms with Crippen molar-refractivity contribution in [3.63, 3.8) is 0 Å². The molecule has 0 aromatic rings. The maximum atomic E-state index is 12.2. The van der Waals surface area contributed by atoms with Crippen molar-refractivity contribution in [1.82, 2.24) is 9.80 Å². The zero-order valence-corrected chi connectivity index (χ0v) is 10.8. The van der Waals surface area contributed by atoms with Gasteiger partial charge in [0.1, 0.15) is 0 Å². The average molecular weight is 258 g/mol. The Labute approximate surface area is 107 Å². The normalized spacial score (nSPS) is 19.7. The molecular weight excluding hydrogens is 236 g/mol. The summed E-state index contributed by atoms with van der Waals surface area (Å²) in [6, 6.07) is -0.156. The second-order valence-corrected chi connectivity index (χ2v) is 4.62. The number of amides is 2. The Balaban J connectivity index is 2.60. The van der Waals surface area contributed by atoms with Crippen LogP contribution in [0.15, 0.2) is 0 Å². The minimum Gasteiger partial charge on any atom is -0.481 e. The number of aliphatic hydroxyl groups excluding tert-OH is 1. The Morgan fingerprint density at radius 3 is 2.67 bits per heavy atom. The first-order valence-electron chi connectivity index (χ1n) is 6.47. The summed E-state index contributed by atoms with van der Waals surface area (Å²) in [5.41, 5.74) is 0. The standard InChI is InChI=1S/C12H22N2O4/c1-2-5-13(7-8-15)12(18)14-6-3-4-10(9-14)11(16)17/h10,15H,2-9H2,1H3,(H,16,17). The SMILES string of the molecule is CCCN(CCO)C(=O)N1CCCC(C(=O)O)C1. The molecule has 1 aliphatic rings. The van der Waals surface area contributed by atoms with E-state index >= 15 is 0 Å². The number of rotatable bonds is 5. The summed E-state index contributed by atoms with van der Waals surface area (Å²) >= 11 is 0. The summed E-state index contributed by atoms with van der Waals surface area (Å²) in [6.45, 7) is 3.68. The van der Waals surface area contributed by atoms with Crippen LogP contribution in [0.4, 0.5) is 4.79 Å². The fourth-order valence-corrected chi connectivity index (χ4v) is 2.25. The summed E-state index contributed by atoms with van der Waals surface area (Å²) in [5, 5.41) is 17.9. The molecule has 18 heavy (non-hydrogen) atoms. The molecule has 0 aromatic heterocycles. The fourth-order valence-electron chi connectivity index (χ4n) is 2.25. The van der Waals surface area contributed by atoms with Crippen LogP contribution in [0.2, 0.25) is 0 Å². The first-order chi connectivity index (χ1) is 8.60. The number of aliphatic carboxylic acids is 1. The van der Waals surface area contributed by atoms with Crippen LogP contribution in [0.1, 0.15) is 26.2 Å². The van der Waals surface area contributed by atoms with Crippen LogP contribution in [0.5, 0.6) is 0 Å². The molecule has 2 amide bonds. The third-order valence-electron chi connectivity index (χ3n) is 3.18. The van der Waals surface area contributed by atoms with Crippen LogP contribution in [0.25, 0.3) is 0 Å². The molecule has 0 saturated carbocycles. The first-order valence-corrected chi connectivity index (χ1v) is 6.47. The molecule has 104 valence electrons. The quantitative estimate of drug-likeness (QED) is 0.757. The number of carbonyl (C=O) groups excluding carboxylic acids is 1.